The van der Waals surface area contributed by atoms with E-state index in [1.54, 1.807) is 12.4 Å². The summed E-state index contributed by atoms with van der Waals surface area (Å²) in [5, 5.41) is 3.01. The molecule has 5 N–H and O–H groups in total. The third-order valence-electron chi connectivity index (χ3n) is 1.52. The predicted molar refractivity (Wildman–Crippen MR) is 55.3 cm³/mol. The number of halogens is 1. The standard InChI is InChI=1S/C7H12BrN5/c8-5-3-11-7(12-4-5)13-6(1-9)2-10/h3-4,6H,1-2,9-10H2,(H,11,12,13). The molecule has 1 aromatic rings. The maximum absolute atomic E-state index is 5.45. The van der Waals surface area contributed by atoms with Crippen molar-refractivity contribution in [1.29, 1.82) is 0 Å². The van der Waals surface area contributed by atoms with Crippen molar-refractivity contribution in [3.05, 3.63) is 16.9 Å². The Labute approximate surface area is 85.1 Å². The number of nitrogens with one attached hydrogen (secondary N) is 1. The smallest absolute Gasteiger partial charge is 0.222 e. The van der Waals surface area contributed by atoms with Crippen LogP contribution in [0.2, 0.25) is 0 Å². The SMILES string of the molecule is NCC(CN)Nc1ncc(Br)cn1. The van der Waals surface area contributed by atoms with Crippen LogP contribution in [0.1, 0.15) is 0 Å². The van der Waals surface area contributed by atoms with E-state index in [-0.39, 0.29) is 6.04 Å². The summed E-state index contributed by atoms with van der Waals surface area (Å²) in [7, 11) is 0. The summed E-state index contributed by atoms with van der Waals surface area (Å²) in [5.41, 5.74) is 10.9. The lowest BCUT2D eigenvalue weighted by molar-refractivity contribution is 0.727. The lowest BCUT2D eigenvalue weighted by Gasteiger charge is -2.13. The van der Waals surface area contributed by atoms with Crippen LogP contribution in [0, 0.1) is 0 Å². The molecular weight excluding hydrogens is 234 g/mol. The summed E-state index contributed by atoms with van der Waals surface area (Å²) < 4.78 is 0.843. The molecule has 0 unspecified atom stereocenters. The minimum Gasteiger partial charge on any atom is -0.349 e. The van der Waals surface area contributed by atoms with Crippen LogP contribution in [-0.2, 0) is 0 Å². The zero-order valence-electron chi connectivity index (χ0n) is 7.07. The zero-order valence-corrected chi connectivity index (χ0v) is 8.66. The van der Waals surface area contributed by atoms with E-state index in [0.29, 0.717) is 19.0 Å². The number of hydrogen-bond donors (Lipinski definition) is 3. The molecule has 0 spiro atoms. The second kappa shape index (κ2) is 5.11. The van der Waals surface area contributed by atoms with E-state index in [1.807, 2.05) is 0 Å². The van der Waals surface area contributed by atoms with Gasteiger partial charge in [0.15, 0.2) is 0 Å². The van der Waals surface area contributed by atoms with E-state index >= 15 is 0 Å². The molecule has 1 rings (SSSR count). The molecule has 1 aromatic heterocycles. The summed E-state index contributed by atoms with van der Waals surface area (Å²) >= 11 is 3.24. The summed E-state index contributed by atoms with van der Waals surface area (Å²) in [6, 6.07) is 0.0289. The van der Waals surface area contributed by atoms with Crippen molar-refractivity contribution in [2.45, 2.75) is 6.04 Å². The summed E-state index contributed by atoms with van der Waals surface area (Å²) in [6.07, 6.45) is 3.33. The summed E-state index contributed by atoms with van der Waals surface area (Å²) in [4.78, 5) is 8.07. The number of nitrogens with zero attached hydrogens (tertiary/aromatic N) is 2. The van der Waals surface area contributed by atoms with Crippen molar-refractivity contribution < 1.29 is 0 Å². The minimum atomic E-state index is 0.0289. The number of anilines is 1. The Balaban J connectivity index is 2.58. The number of nitrogens with two attached hydrogens (primary N) is 2. The molecule has 0 saturated carbocycles. The second-order valence-corrected chi connectivity index (χ2v) is 3.45. The van der Waals surface area contributed by atoms with Crippen molar-refractivity contribution in [1.82, 2.24) is 9.97 Å². The molecule has 0 saturated heterocycles. The number of hydrogen-bond acceptors (Lipinski definition) is 5. The van der Waals surface area contributed by atoms with Gasteiger partial charge >= 0.3 is 0 Å². The van der Waals surface area contributed by atoms with Gasteiger partial charge in [-0.05, 0) is 15.9 Å². The van der Waals surface area contributed by atoms with Crippen LogP contribution < -0.4 is 16.8 Å². The Morgan fingerprint density at radius 2 is 1.85 bits per heavy atom. The van der Waals surface area contributed by atoms with Crippen molar-refractivity contribution in [3.8, 4) is 0 Å². The van der Waals surface area contributed by atoms with Crippen LogP contribution in [0.5, 0.6) is 0 Å². The van der Waals surface area contributed by atoms with E-state index in [2.05, 4.69) is 31.2 Å². The lowest BCUT2D eigenvalue weighted by atomic mass is 10.3. The molecule has 0 atom stereocenters. The lowest BCUT2D eigenvalue weighted by Crippen LogP contribution is -2.36. The van der Waals surface area contributed by atoms with E-state index < -0.39 is 0 Å². The summed E-state index contributed by atoms with van der Waals surface area (Å²) in [5.74, 6) is 0.545. The van der Waals surface area contributed by atoms with Gasteiger partial charge in [-0.25, -0.2) is 9.97 Å². The normalized spacial score (nSPS) is 10.5. The fourth-order valence-corrected chi connectivity index (χ4v) is 0.988. The molecule has 0 aromatic carbocycles. The number of aromatic nitrogens is 2. The first-order valence-electron chi connectivity index (χ1n) is 3.90. The van der Waals surface area contributed by atoms with Crippen LogP contribution in [-0.4, -0.2) is 29.1 Å². The Morgan fingerprint density at radius 3 is 2.31 bits per heavy atom. The van der Waals surface area contributed by atoms with Gasteiger partial charge in [0.25, 0.3) is 0 Å². The predicted octanol–water partition coefficient (Wildman–Crippen LogP) is -0.0630. The largest absolute Gasteiger partial charge is 0.349 e. The first-order chi connectivity index (χ1) is 6.26. The number of rotatable bonds is 4. The van der Waals surface area contributed by atoms with E-state index in [1.165, 1.54) is 0 Å². The Hall–Kier alpha value is -0.720. The van der Waals surface area contributed by atoms with Crippen molar-refractivity contribution >= 4 is 21.9 Å². The van der Waals surface area contributed by atoms with Gasteiger partial charge in [0.1, 0.15) is 0 Å². The third kappa shape index (κ3) is 3.25. The summed E-state index contributed by atoms with van der Waals surface area (Å²) in [6.45, 7) is 0.936. The molecular formula is C7H12BrN5. The third-order valence-corrected chi connectivity index (χ3v) is 1.93. The Kier molecular flexibility index (Phi) is 4.07. The topological polar surface area (TPSA) is 89.8 Å². The molecule has 0 aliphatic carbocycles. The van der Waals surface area contributed by atoms with Gasteiger partial charge in [-0.2, -0.15) is 0 Å². The van der Waals surface area contributed by atoms with Crippen LogP contribution in [0.15, 0.2) is 16.9 Å². The molecule has 72 valence electrons. The highest BCUT2D eigenvalue weighted by atomic mass is 79.9. The average Bonchev–Trinajstić information content (AvgIpc) is 2.17. The molecule has 1 heterocycles. The molecule has 0 aliphatic heterocycles. The van der Waals surface area contributed by atoms with Gasteiger partial charge in [0.05, 0.1) is 10.5 Å². The van der Waals surface area contributed by atoms with E-state index in [0.717, 1.165) is 4.47 Å². The van der Waals surface area contributed by atoms with Gasteiger partial charge in [0, 0.05) is 25.5 Å². The van der Waals surface area contributed by atoms with Crippen molar-refractivity contribution in [2.24, 2.45) is 11.5 Å². The fourth-order valence-electron chi connectivity index (χ4n) is 0.783. The van der Waals surface area contributed by atoms with Crippen molar-refractivity contribution in [3.63, 3.8) is 0 Å². The Morgan fingerprint density at radius 1 is 1.31 bits per heavy atom. The highest BCUT2D eigenvalue weighted by Gasteiger charge is 2.04. The van der Waals surface area contributed by atoms with Gasteiger partial charge in [0.2, 0.25) is 5.95 Å². The monoisotopic (exact) mass is 245 g/mol. The molecule has 0 radical (unpaired) electrons. The molecule has 0 aliphatic rings. The van der Waals surface area contributed by atoms with Gasteiger partial charge in [-0.3, -0.25) is 0 Å². The highest BCUT2D eigenvalue weighted by Crippen LogP contribution is 2.06. The zero-order chi connectivity index (χ0) is 9.68. The molecule has 13 heavy (non-hydrogen) atoms. The second-order valence-electron chi connectivity index (χ2n) is 2.54. The van der Waals surface area contributed by atoms with Crippen LogP contribution in [0.4, 0.5) is 5.95 Å². The minimum absolute atomic E-state index is 0.0289. The van der Waals surface area contributed by atoms with E-state index in [4.69, 9.17) is 11.5 Å². The van der Waals surface area contributed by atoms with Gasteiger partial charge in [-0.1, -0.05) is 0 Å². The van der Waals surface area contributed by atoms with Crippen molar-refractivity contribution in [2.75, 3.05) is 18.4 Å². The van der Waals surface area contributed by atoms with Crippen LogP contribution >= 0.6 is 15.9 Å². The maximum atomic E-state index is 5.45. The quantitative estimate of drug-likeness (QED) is 0.692. The first kappa shape index (κ1) is 10.4. The maximum Gasteiger partial charge on any atom is 0.222 e. The Bertz CT molecular complexity index is 246. The molecule has 0 bridgehead atoms. The molecule has 0 fully saturated rings. The fraction of sp³-hybridized carbons (Fsp3) is 0.429. The van der Waals surface area contributed by atoms with Crippen LogP contribution in [0.25, 0.3) is 0 Å². The van der Waals surface area contributed by atoms with E-state index in [9.17, 15) is 0 Å². The van der Waals surface area contributed by atoms with Crippen LogP contribution in [0.3, 0.4) is 0 Å². The van der Waals surface area contributed by atoms with Gasteiger partial charge < -0.3 is 16.8 Å². The molecule has 0 amide bonds. The molecule has 5 nitrogen and oxygen atoms in total. The highest BCUT2D eigenvalue weighted by molar-refractivity contribution is 9.10. The molecule has 6 heteroatoms. The average molecular weight is 246 g/mol. The van der Waals surface area contributed by atoms with Gasteiger partial charge in [-0.15, -0.1) is 0 Å². The first-order valence-corrected chi connectivity index (χ1v) is 4.69.